The summed E-state index contributed by atoms with van der Waals surface area (Å²) in [5.41, 5.74) is 2.28. The Morgan fingerprint density at radius 1 is 1.16 bits per heavy atom. The molecule has 1 aliphatic carbocycles. The van der Waals surface area contributed by atoms with Crippen molar-refractivity contribution in [3.05, 3.63) is 35.4 Å². The van der Waals surface area contributed by atoms with Crippen LogP contribution in [-0.4, -0.2) is 46.6 Å². The Labute approximate surface area is 146 Å². The number of amides is 5. The smallest absolute Gasteiger partial charge is 0.334 e. The van der Waals surface area contributed by atoms with Gasteiger partial charge in [0.25, 0.3) is 0 Å². The van der Waals surface area contributed by atoms with Crippen molar-refractivity contribution in [1.82, 2.24) is 15.1 Å². The lowest BCUT2D eigenvalue weighted by Crippen LogP contribution is -2.43. The normalized spacial score (nSPS) is 20.0. The summed E-state index contributed by atoms with van der Waals surface area (Å²) in [6.07, 6.45) is 3.31. The predicted molar refractivity (Wildman–Crippen MR) is 89.4 cm³/mol. The van der Waals surface area contributed by atoms with Gasteiger partial charge in [-0.2, -0.15) is 0 Å². The van der Waals surface area contributed by atoms with Crippen LogP contribution in [0.15, 0.2) is 24.3 Å². The molecule has 1 saturated heterocycles. The second-order valence-electron chi connectivity index (χ2n) is 6.34. The van der Waals surface area contributed by atoms with Gasteiger partial charge in [0, 0.05) is 6.54 Å². The molecule has 0 radical (unpaired) electrons. The molecule has 3 rings (SSSR count). The van der Waals surface area contributed by atoms with E-state index in [9.17, 15) is 19.2 Å². The zero-order valence-corrected chi connectivity index (χ0v) is 14.2. The summed E-state index contributed by atoms with van der Waals surface area (Å²) in [7, 11) is 0. The van der Waals surface area contributed by atoms with Crippen molar-refractivity contribution >= 4 is 23.8 Å². The molecule has 0 spiro atoms. The van der Waals surface area contributed by atoms with Crippen molar-refractivity contribution in [2.75, 3.05) is 13.1 Å². The first-order valence-electron chi connectivity index (χ1n) is 8.57. The molecule has 0 aromatic heterocycles. The number of carbonyl (C=O) groups excluding carboxylic acids is 4. The number of nitrogens with zero attached hydrogens (tertiary/aromatic N) is 2. The molecule has 0 saturated carbocycles. The monoisotopic (exact) mass is 343 g/mol. The van der Waals surface area contributed by atoms with Gasteiger partial charge in [-0.3, -0.25) is 19.3 Å². The average Bonchev–Trinajstić information content (AvgIpc) is 2.80. The fourth-order valence-corrected chi connectivity index (χ4v) is 3.40. The molecule has 1 aliphatic heterocycles. The van der Waals surface area contributed by atoms with E-state index in [1.807, 2.05) is 24.3 Å². The highest BCUT2D eigenvalue weighted by Gasteiger charge is 2.44. The molecule has 1 heterocycles. The number of carbonyl (C=O) groups is 4. The zero-order valence-electron chi connectivity index (χ0n) is 14.2. The minimum absolute atomic E-state index is 0.132. The summed E-state index contributed by atoms with van der Waals surface area (Å²) in [4.78, 5) is 49.9. The summed E-state index contributed by atoms with van der Waals surface area (Å²) in [5.74, 6) is -2.23. The molecule has 25 heavy (non-hydrogen) atoms. The molecule has 1 fully saturated rings. The van der Waals surface area contributed by atoms with Gasteiger partial charge in [0.1, 0.15) is 6.54 Å². The van der Waals surface area contributed by atoms with E-state index in [-0.39, 0.29) is 12.6 Å². The van der Waals surface area contributed by atoms with E-state index in [0.29, 0.717) is 6.42 Å². The molecule has 1 atom stereocenters. The van der Waals surface area contributed by atoms with Gasteiger partial charge in [0.15, 0.2) is 0 Å². The minimum atomic E-state index is -0.933. The van der Waals surface area contributed by atoms with Gasteiger partial charge in [-0.15, -0.1) is 0 Å². The summed E-state index contributed by atoms with van der Waals surface area (Å²) in [5, 5.41) is 2.89. The van der Waals surface area contributed by atoms with Crippen LogP contribution in [0.1, 0.15) is 43.4 Å². The van der Waals surface area contributed by atoms with Crippen molar-refractivity contribution in [2.24, 2.45) is 0 Å². The maximum atomic E-state index is 12.4. The lowest BCUT2D eigenvalue weighted by atomic mass is 9.88. The number of hydrogen-bond donors (Lipinski definition) is 1. The lowest BCUT2D eigenvalue weighted by molar-refractivity contribution is -0.144. The van der Waals surface area contributed by atoms with Crippen LogP contribution in [0.3, 0.4) is 0 Å². The quantitative estimate of drug-likeness (QED) is 0.646. The molecule has 0 unspecified atom stereocenters. The number of urea groups is 1. The van der Waals surface area contributed by atoms with Crippen molar-refractivity contribution in [3.63, 3.8) is 0 Å². The van der Waals surface area contributed by atoms with Crippen LogP contribution >= 0.6 is 0 Å². The summed E-state index contributed by atoms with van der Waals surface area (Å²) < 4.78 is 0. The third-order valence-corrected chi connectivity index (χ3v) is 4.59. The van der Waals surface area contributed by atoms with Crippen LogP contribution in [0, 0.1) is 0 Å². The molecule has 7 heteroatoms. The first-order valence-corrected chi connectivity index (χ1v) is 8.57. The summed E-state index contributed by atoms with van der Waals surface area (Å²) in [6, 6.07) is 7.08. The van der Waals surface area contributed by atoms with E-state index < -0.39 is 30.3 Å². The fourth-order valence-electron chi connectivity index (χ4n) is 3.40. The Kier molecular flexibility index (Phi) is 4.83. The van der Waals surface area contributed by atoms with Crippen LogP contribution in [0.4, 0.5) is 4.79 Å². The fraction of sp³-hybridized carbons (Fsp3) is 0.444. The van der Waals surface area contributed by atoms with E-state index >= 15 is 0 Å². The zero-order chi connectivity index (χ0) is 18.0. The molecule has 1 N–H and O–H groups in total. The topological polar surface area (TPSA) is 86.8 Å². The van der Waals surface area contributed by atoms with Gasteiger partial charge in [-0.25, -0.2) is 9.69 Å². The minimum Gasteiger partial charge on any atom is -0.348 e. The van der Waals surface area contributed by atoms with Crippen molar-refractivity contribution in [3.8, 4) is 0 Å². The predicted octanol–water partition coefficient (Wildman–Crippen LogP) is 1.38. The van der Waals surface area contributed by atoms with Gasteiger partial charge in [-0.1, -0.05) is 31.2 Å². The van der Waals surface area contributed by atoms with Crippen LogP contribution in [0.25, 0.3) is 0 Å². The number of imide groups is 2. The van der Waals surface area contributed by atoms with E-state index in [0.717, 1.165) is 34.6 Å². The number of rotatable bonds is 5. The SMILES string of the molecule is CCCN1C(=O)C(=O)N(CC(=O)N[C@H]2CCCc3ccccc32)C1=O. The lowest BCUT2D eigenvalue weighted by Gasteiger charge is -2.27. The van der Waals surface area contributed by atoms with E-state index in [4.69, 9.17) is 0 Å². The Morgan fingerprint density at radius 2 is 1.88 bits per heavy atom. The van der Waals surface area contributed by atoms with E-state index in [2.05, 4.69) is 5.32 Å². The summed E-state index contributed by atoms with van der Waals surface area (Å²) in [6.45, 7) is 1.56. The average molecular weight is 343 g/mol. The highest BCUT2D eigenvalue weighted by Crippen LogP contribution is 2.29. The standard InChI is InChI=1S/C18H21N3O4/c1-2-10-20-16(23)17(24)21(18(20)25)11-15(22)19-14-9-5-7-12-6-3-4-8-13(12)14/h3-4,6,8,14H,2,5,7,9-11H2,1H3,(H,19,22)/t14-/m0/s1. The molecule has 5 amide bonds. The molecular weight excluding hydrogens is 322 g/mol. The number of aryl methyl sites for hydroxylation is 1. The molecule has 1 aromatic carbocycles. The van der Waals surface area contributed by atoms with E-state index in [1.165, 1.54) is 5.56 Å². The Morgan fingerprint density at radius 3 is 2.64 bits per heavy atom. The number of nitrogens with one attached hydrogen (secondary N) is 1. The number of fused-ring (bicyclic) bond motifs is 1. The highest BCUT2D eigenvalue weighted by molar-refractivity contribution is 6.45. The second kappa shape index (κ2) is 7.04. The molecule has 132 valence electrons. The van der Waals surface area contributed by atoms with E-state index in [1.54, 1.807) is 6.92 Å². The Hall–Kier alpha value is -2.70. The third-order valence-electron chi connectivity index (χ3n) is 4.59. The Bertz CT molecular complexity index is 731. The second-order valence-corrected chi connectivity index (χ2v) is 6.34. The van der Waals surface area contributed by atoms with Crippen molar-refractivity contribution in [1.29, 1.82) is 0 Å². The van der Waals surface area contributed by atoms with Crippen LogP contribution in [0.2, 0.25) is 0 Å². The molecule has 1 aromatic rings. The highest BCUT2D eigenvalue weighted by atomic mass is 16.2. The maximum Gasteiger partial charge on any atom is 0.334 e. The maximum absolute atomic E-state index is 12.4. The molecule has 0 bridgehead atoms. The number of hydrogen-bond acceptors (Lipinski definition) is 4. The number of benzene rings is 1. The van der Waals surface area contributed by atoms with Crippen LogP contribution < -0.4 is 5.32 Å². The van der Waals surface area contributed by atoms with Crippen molar-refractivity contribution in [2.45, 2.75) is 38.6 Å². The molecular formula is C18H21N3O4. The first-order chi connectivity index (χ1) is 12.0. The van der Waals surface area contributed by atoms with Gasteiger partial charge in [-0.05, 0) is 36.8 Å². The van der Waals surface area contributed by atoms with Gasteiger partial charge >= 0.3 is 17.8 Å². The largest absolute Gasteiger partial charge is 0.348 e. The van der Waals surface area contributed by atoms with Crippen molar-refractivity contribution < 1.29 is 19.2 Å². The molecule has 7 nitrogen and oxygen atoms in total. The molecule has 2 aliphatic rings. The van der Waals surface area contributed by atoms with Gasteiger partial charge in [0.2, 0.25) is 5.91 Å². The van der Waals surface area contributed by atoms with Crippen LogP contribution in [-0.2, 0) is 20.8 Å². The van der Waals surface area contributed by atoms with Gasteiger partial charge < -0.3 is 5.32 Å². The first kappa shape index (κ1) is 17.1. The Balaban J connectivity index is 1.67. The summed E-state index contributed by atoms with van der Waals surface area (Å²) >= 11 is 0. The third kappa shape index (κ3) is 3.26. The van der Waals surface area contributed by atoms with Gasteiger partial charge in [0.05, 0.1) is 6.04 Å². The van der Waals surface area contributed by atoms with Crippen LogP contribution in [0.5, 0.6) is 0 Å².